The highest BCUT2D eigenvalue weighted by Crippen LogP contribution is 2.23. The van der Waals surface area contributed by atoms with Crippen LogP contribution in [0.5, 0.6) is 0 Å². The first-order valence-electron chi connectivity index (χ1n) is 5.85. The highest BCUT2D eigenvalue weighted by Gasteiger charge is 2.13. The van der Waals surface area contributed by atoms with Gasteiger partial charge in [-0.15, -0.1) is 10.2 Å². The molecule has 0 unspecified atom stereocenters. The minimum atomic E-state index is 0.0156. The highest BCUT2D eigenvalue weighted by molar-refractivity contribution is 7.99. The number of aryl methyl sites for hydroxylation is 1. The van der Waals surface area contributed by atoms with Crippen LogP contribution >= 0.6 is 11.8 Å². The average Bonchev–Trinajstić information content (AvgIpc) is 2.98. The number of carbonyl (C=O) groups excluding carboxylic acids is 1. The lowest BCUT2D eigenvalue weighted by atomic mass is 10.4. The van der Waals surface area contributed by atoms with Crippen molar-refractivity contribution in [1.29, 1.82) is 0 Å². The van der Waals surface area contributed by atoms with Gasteiger partial charge in [0.25, 0.3) is 11.1 Å². The Hall–Kier alpha value is -1.83. The quantitative estimate of drug-likeness (QED) is 0.805. The molecule has 0 aliphatic carbocycles. The van der Waals surface area contributed by atoms with Gasteiger partial charge >= 0.3 is 0 Å². The van der Waals surface area contributed by atoms with Gasteiger partial charge in [-0.2, -0.15) is 0 Å². The summed E-state index contributed by atoms with van der Waals surface area (Å²) in [6.07, 6.45) is 0.416. The van der Waals surface area contributed by atoms with E-state index in [-0.39, 0.29) is 5.91 Å². The number of rotatable bonds is 6. The molecule has 0 fully saturated rings. The maximum atomic E-state index is 11.2. The summed E-state index contributed by atoms with van der Waals surface area (Å²) in [7, 11) is 0. The van der Waals surface area contributed by atoms with Crippen molar-refractivity contribution in [2.75, 3.05) is 12.3 Å². The lowest BCUT2D eigenvalue weighted by Crippen LogP contribution is -2.22. The number of hydrogen-bond donors (Lipinski definition) is 1. The van der Waals surface area contributed by atoms with Crippen LogP contribution in [0.4, 0.5) is 0 Å². The van der Waals surface area contributed by atoms with Gasteiger partial charge in [-0.25, -0.2) is 0 Å². The molecule has 2 aromatic heterocycles. The number of aromatic nitrogens is 3. The molecular formula is C11H14N4O3S. The molecule has 0 saturated carbocycles. The summed E-state index contributed by atoms with van der Waals surface area (Å²) in [5, 5.41) is 14.7. The monoisotopic (exact) mass is 282 g/mol. The molecule has 7 nitrogen and oxygen atoms in total. The van der Waals surface area contributed by atoms with Crippen LogP contribution in [-0.4, -0.2) is 33.6 Å². The largest absolute Gasteiger partial charge is 0.409 e. The van der Waals surface area contributed by atoms with Gasteiger partial charge in [0.05, 0.1) is 0 Å². The predicted molar refractivity (Wildman–Crippen MR) is 68.6 cm³/mol. The number of nitrogens with one attached hydrogen (secondary N) is 1. The minimum absolute atomic E-state index is 0.0156. The first kappa shape index (κ1) is 13.6. The molecule has 0 saturated heterocycles. The standard InChI is InChI=1S/C11H14N4O3S/c1-3-12-9(16)4-5-19-11-14-13-10(17-11)8-6-7(2)18-15-8/h6H,3-5H2,1-2H3,(H,12,16). The number of amides is 1. The number of thioether (sulfide) groups is 1. The molecule has 1 amide bonds. The second-order valence-corrected chi connectivity index (χ2v) is 4.79. The molecule has 2 aromatic rings. The average molecular weight is 282 g/mol. The summed E-state index contributed by atoms with van der Waals surface area (Å²) in [4.78, 5) is 11.2. The van der Waals surface area contributed by atoms with Crippen molar-refractivity contribution < 1.29 is 13.7 Å². The van der Waals surface area contributed by atoms with Gasteiger partial charge in [0.1, 0.15) is 5.76 Å². The Bertz CT molecular complexity index is 552. The van der Waals surface area contributed by atoms with E-state index >= 15 is 0 Å². The Morgan fingerprint density at radius 2 is 2.32 bits per heavy atom. The first-order chi connectivity index (χ1) is 9.19. The van der Waals surface area contributed by atoms with Gasteiger partial charge in [0.15, 0.2) is 5.69 Å². The van der Waals surface area contributed by atoms with Crippen LogP contribution in [-0.2, 0) is 4.79 Å². The van der Waals surface area contributed by atoms with Crippen molar-refractivity contribution >= 4 is 17.7 Å². The molecule has 0 atom stereocenters. The third-order valence-electron chi connectivity index (χ3n) is 2.18. The molecule has 0 spiro atoms. The predicted octanol–water partition coefficient (Wildman–Crippen LogP) is 1.65. The summed E-state index contributed by atoms with van der Waals surface area (Å²) in [5.41, 5.74) is 0.514. The Kier molecular flexibility index (Phi) is 4.56. The molecule has 0 radical (unpaired) electrons. The Morgan fingerprint density at radius 1 is 1.47 bits per heavy atom. The van der Waals surface area contributed by atoms with E-state index < -0.39 is 0 Å². The van der Waals surface area contributed by atoms with Crippen LogP contribution in [0, 0.1) is 6.92 Å². The molecule has 19 heavy (non-hydrogen) atoms. The third kappa shape index (κ3) is 3.82. The fourth-order valence-corrected chi connectivity index (χ4v) is 2.05. The summed E-state index contributed by atoms with van der Waals surface area (Å²) in [5.74, 6) is 1.60. The van der Waals surface area contributed by atoms with Gasteiger partial charge in [-0.3, -0.25) is 4.79 Å². The molecule has 0 aromatic carbocycles. The number of hydrogen-bond acceptors (Lipinski definition) is 7. The maximum Gasteiger partial charge on any atom is 0.276 e. The number of carbonyl (C=O) groups is 1. The van der Waals surface area contributed by atoms with Crippen LogP contribution in [0.25, 0.3) is 11.6 Å². The summed E-state index contributed by atoms with van der Waals surface area (Å²) in [6.45, 7) is 4.31. The normalized spacial score (nSPS) is 10.6. The summed E-state index contributed by atoms with van der Waals surface area (Å²) >= 11 is 1.34. The topological polar surface area (TPSA) is 94.1 Å². The van der Waals surface area contributed by atoms with E-state index in [0.29, 0.717) is 41.3 Å². The zero-order valence-corrected chi connectivity index (χ0v) is 11.5. The van der Waals surface area contributed by atoms with E-state index in [0.717, 1.165) is 0 Å². The molecule has 102 valence electrons. The Balaban J connectivity index is 1.86. The van der Waals surface area contributed by atoms with Gasteiger partial charge in [-0.05, 0) is 13.8 Å². The van der Waals surface area contributed by atoms with Crippen molar-refractivity contribution in [3.63, 3.8) is 0 Å². The van der Waals surface area contributed by atoms with Crippen LogP contribution in [0.3, 0.4) is 0 Å². The molecule has 8 heteroatoms. The van der Waals surface area contributed by atoms with E-state index in [1.807, 2.05) is 6.92 Å². The van der Waals surface area contributed by atoms with Gasteiger partial charge in [0.2, 0.25) is 5.91 Å². The van der Waals surface area contributed by atoms with Crippen molar-refractivity contribution in [1.82, 2.24) is 20.7 Å². The van der Waals surface area contributed by atoms with E-state index in [4.69, 9.17) is 8.94 Å². The van der Waals surface area contributed by atoms with E-state index in [1.165, 1.54) is 11.8 Å². The number of nitrogens with zero attached hydrogens (tertiary/aromatic N) is 3. The zero-order chi connectivity index (χ0) is 13.7. The van der Waals surface area contributed by atoms with Crippen LogP contribution in [0.2, 0.25) is 0 Å². The minimum Gasteiger partial charge on any atom is -0.409 e. The smallest absolute Gasteiger partial charge is 0.276 e. The fraction of sp³-hybridized carbons (Fsp3) is 0.455. The molecule has 0 aliphatic rings. The summed E-state index contributed by atoms with van der Waals surface area (Å²) in [6, 6.07) is 1.72. The SMILES string of the molecule is CCNC(=O)CCSc1nnc(-c2cc(C)on2)o1. The second kappa shape index (κ2) is 6.37. The van der Waals surface area contributed by atoms with Crippen molar-refractivity contribution in [2.24, 2.45) is 0 Å². The maximum absolute atomic E-state index is 11.2. The summed E-state index contributed by atoms with van der Waals surface area (Å²) < 4.78 is 10.3. The molecule has 0 aliphatic heterocycles. The lowest BCUT2D eigenvalue weighted by Gasteiger charge is -1.99. The fourth-order valence-electron chi connectivity index (χ4n) is 1.36. The van der Waals surface area contributed by atoms with Gasteiger partial charge < -0.3 is 14.3 Å². The Labute approximate surface area is 114 Å². The van der Waals surface area contributed by atoms with Crippen LogP contribution in [0.1, 0.15) is 19.1 Å². The molecule has 2 heterocycles. The second-order valence-electron chi connectivity index (χ2n) is 3.75. The van der Waals surface area contributed by atoms with Crippen molar-refractivity contribution in [3.05, 3.63) is 11.8 Å². The van der Waals surface area contributed by atoms with Crippen LogP contribution in [0.15, 0.2) is 20.2 Å². The molecule has 0 bridgehead atoms. The van der Waals surface area contributed by atoms with Crippen LogP contribution < -0.4 is 5.32 Å². The van der Waals surface area contributed by atoms with E-state index in [9.17, 15) is 4.79 Å². The van der Waals surface area contributed by atoms with Crippen molar-refractivity contribution in [3.8, 4) is 11.6 Å². The molecule has 1 N–H and O–H groups in total. The Morgan fingerprint density at radius 3 is 3.00 bits per heavy atom. The van der Waals surface area contributed by atoms with Gasteiger partial charge in [-0.1, -0.05) is 16.9 Å². The van der Waals surface area contributed by atoms with Crippen molar-refractivity contribution in [2.45, 2.75) is 25.5 Å². The van der Waals surface area contributed by atoms with Gasteiger partial charge in [0, 0.05) is 24.8 Å². The third-order valence-corrected chi connectivity index (χ3v) is 3.00. The van der Waals surface area contributed by atoms with E-state index in [1.54, 1.807) is 13.0 Å². The van der Waals surface area contributed by atoms with E-state index in [2.05, 4.69) is 20.7 Å². The first-order valence-corrected chi connectivity index (χ1v) is 6.84. The zero-order valence-electron chi connectivity index (χ0n) is 10.7. The lowest BCUT2D eigenvalue weighted by molar-refractivity contribution is -0.120. The molecule has 2 rings (SSSR count). The highest BCUT2D eigenvalue weighted by atomic mass is 32.2. The molecular weight excluding hydrogens is 268 g/mol.